The van der Waals surface area contributed by atoms with Crippen molar-refractivity contribution in [2.45, 2.75) is 42.0 Å². The van der Waals surface area contributed by atoms with Gasteiger partial charge in [0.25, 0.3) is 10.0 Å². The quantitative estimate of drug-likeness (QED) is 0.648. The molecule has 166 valence electrons. The van der Waals surface area contributed by atoms with Gasteiger partial charge in [-0.2, -0.15) is 0 Å². The van der Waals surface area contributed by atoms with Crippen LogP contribution < -0.4 is 9.46 Å². The number of hydrogen-bond donors (Lipinski definition) is 2. The van der Waals surface area contributed by atoms with Gasteiger partial charge in [0.05, 0.1) is 31.1 Å². The maximum atomic E-state index is 13.1. The van der Waals surface area contributed by atoms with Crippen molar-refractivity contribution >= 4 is 21.7 Å². The van der Waals surface area contributed by atoms with Crippen molar-refractivity contribution < 1.29 is 36.9 Å². The van der Waals surface area contributed by atoms with Gasteiger partial charge in [0, 0.05) is 17.2 Å². The molecule has 4 rings (SSSR count). The summed E-state index contributed by atoms with van der Waals surface area (Å²) in [5, 5.41) is 9.74. The summed E-state index contributed by atoms with van der Waals surface area (Å²) >= 11 is 0. The number of carbonyl (C=O) groups is 1. The molecule has 0 radical (unpaired) electrons. The maximum absolute atomic E-state index is 13.1. The van der Waals surface area contributed by atoms with Gasteiger partial charge in [-0.25, -0.2) is 12.8 Å². The third-order valence-electron chi connectivity index (χ3n) is 5.50. The second-order valence-electron chi connectivity index (χ2n) is 7.50. The number of nitrogens with one attached hydrogen (secondary N) is 1. The Labute approximate surface area is 179 Å². The summed E-state index contributed by atoms with van der Waals surface area (Å²) in [5.41, 5.74) is 1.09. The van der Waals surface area contributed by atoms with Crippen molar-refractivity contribution in [1.82, 2.24) is 0 Å². The topological polar surface area (TPSA) is 111 Å². The fraction of sp³-hybridized carbons (Fsp3) is 0.381. The Morgan fingerprint density at radius 3 is 2.68 bits per heavy atom. The number of hydrogen-bond acceptors (Lipinski definition) is 7. The molecule has 1 saturated heterocycles. The van der Waals surface area contributed by atoms with Gasteiger partial charge in [-0.3, -0.25) is 9.52 Å². The van der Waals surface area contributed by atoms with E-state index in [-0.39, 0.29) is 23.8 Å². The summed E-state index contributed by atoms with van der Waals surface area (Å²) in [4.78, 5) is 11.6. The zero-order valence-electron chi connectivity index (χ0n) is 16.7. The summed E-state index contributed by atoms with van der Waals surface area (Å²) < 4.78 is 57.4. The number of halogens is 1. The minimum atomic E-state index is -3.91. The summed E-state index contributed by atoms with van der Waals surface area (Å²) in [6, 6.07) is 9.42. The average Bonchev–Trinajstić information content (AvgIpc) is 3.11. The maximum Gasteiger partial charge on any atom is 0.308 e. The van der Waals surface area contributed by atoms with Gasteiger partial charge in [0.15, 0.2) is 0 Å². The average molecular weight is 451 g/mol. The molecule has 2 aromatic carbocycles. The van der Waals surface area contributed by atoms with Gasteiger partial charge in [-0.1, -0.05) is 0 Å². The standard InChI is InChI=1S/C21H22FNO7S/c1-28-20(25)10-14-9-17-16-8-13(4-7-18(16)30-21(17)19(11-24)29-14)23-31(26,27)15-5-2-12(22)3-6-15/h2-8,14,17,19,21,23-24H,9-11H2,1H3/t14-,17+,19-,21-/m0/s1. The van der Waals surface area contributed by atoms with Gasteiger partial charge >= 0.3 is 5.97 Å². The third kappa shape index (κ3) is 4.36. The van der Waals surface area contributed by atoms with Crippen LogP contribution in [0.4, 0.5) is 10.1 Å². The first-order chi connectivity index (χ1) is 14.8. The number of sulfonamides is 1. The number of ether oxygens (including phenoxy) is 3. The lowest BCUT2D eigenvalue weighted by atomic mass is 9.84. The molecule has 0 aliphatic carbocycles. The molecule has 0 saturated carbocycles. The predicted molar refractivity (Wildman–Crippen MR) is 108 cm³/mol. The van der Waals surface area contributed by atoms with Crippen molar-refractivity contribution in [2.24, 2.45) is 0 Å². The van der Waals surface area contributed by atoms with E-state index in [1.54, 1.807) is 18.2 Å². The molecular formula is C21H22FNO7S. The summed E-state index contributed by atoms with van der Waals surface area (Å²) in [6.45, 7) is -0.281. The zero-order valence-corrected chi connectivity index (χ0v) is 17.5. The van der Waals surface area contributed by atoms with E-state index in [2.05, 4.69) is 4.72 Å². The molecule has 0 unspecified atom stereocenters. The zero-order chi connectivity index (χ0) is 22.2. The number of methoxy groups -OCH3 is 1. The molecule has 10 heteroatoms. The van der Waals surface area contributed by atoms with Gasteiger partial charge in [0.1, 0.15) is 23.8 Å². The van der Waals surface area contributed by atoms with Crippen LogP contribution in [0.15, 0.2) is 47.4 Å². The van der Waals surface area contributed by atoms with Crippen LogP contribution in [0.3, 0.4) is 0 Å². The molecule has 2 aliphatic rings. The lowest BCUT2D eigenvalue weighted by Gasteiger charge is -2.36. The first-order valence-electron chi connectivity index (χ1n) is 9.73. The lowest BCUT2D eigenvalue weighted by molar-refractivity contribution is -0.156. The van der Waals surface area contributed by atoms with Crippen LogP contribution >= 0.6 is 0 Å². The molecule has 0 bridgehead atoms. The summed E-state index contributed by atoms with van der Waals surface area (Å²) in [6.07, 6.45) is -1.03. The molecule has 2 N–H and O–H groups in total. The molecule has 4 atom stereocenters. The highest BCUT2D eigenvalue weighted by atomic mass is 32.2. The van der Waals surface area contributed by atoms with Crippen molar-refractivity contribution in [3.8, 4) is 5.75 Å². The van der Waals surface area contributed by atoms with Crippen molar-refractivity contribution in [2.75, 3.05) is 18.4 Å². The van der Waals surface area contributed by atoms with Crippen LogP contribution in [-0.2, 0) is 24.3 Å². The van der Waals surface area contributed by atoms with Gasteiger partial charge < -0.3 is 19.3 Å². The first-order valence-corrected chi connectivity index (χ1v) is 11.2. The van der Waals surface area contributed by atoms with Crippen LogP contribution in [0.25, 0.3) is 0 Å². The van der Waals surface area contributed by atoms with E-state index in [1.807, 2.05) is 0 Å². The number of rotatable bonds is 6. The van der Waals surface area contributed by atoms with Crippen LogP contribution in [0, 0.1) is 5.82 Å². The first kappa shape index (κ1) is 21.5. The van der Waals surface area contributed by atoms with E-state index >= 15 is 0 Å². The Bertz CT molecular complexity index is 1070. The Balaban J connectivity index is 1.58. The molecular weight excluding hydrogens is 429 g/mol. The van der Waals surface area contributed by atoms with Crippen molar-refractivity contribution in [1.29, 1.82) is 0 Å². The molecule has 0 spiro atoms. The molecule has 1 fully saturated rings. The summed E-state index contributed by atoms with van der Waals surface area (Å²) in [7, 11) is -2.61. The van der Waals surface area contributed by atoms with Gasteiger partial charge in [-0.15, -0.1) is 0 Å². The minimum Gasteiger partial charge on any atom is -0.487 e. The van der Waals surface area contributed by atoms with Crippen molar-refractivity contribution in [3.63, 3.8) is 0 Å². The second kappa shape index (κ2) is 8.45. The normalized spacial score (nSPS) is 24.6. The SMILES string of the molecule is COC(=O)C[C@@H]1C[C@@H]2c3cc(NS(=O)(=O)c4ccc(F)cc4)ccc3O[C@@H]2[C@H](CO)O1. The number of aliphatic hydroxyl groups is 1. The smallest absolute Gasteiger partial charge is 0.308 e. The Morgan fingerprint density at radius 2 is 2.00 bits per heavy atom. The number of benzene rings is 2. The predicted octanol–water partition coefficient (Wildman–Crippen LogP) is 2.18. The van der Waals surface area contributed by atoms with Crippen LogP contribution in [0.2, 0.25) is 0 Å². The highest BCUT2D eigenvalue weighted by molar-refractivity contribution is 7.92. The highest BCUT2D eigenvalue weighted by Gasteiger charge is 2.46. The van der Waals surface area contributed by atoms with Crippen LogP contribution in [-0.4, -0.2) is 51.5 Å². The monoisotopic (exact) mass is 451 g/mol. The van der Waals surface area contributed by atoms with E-state index in [4.69, 9.17) is 14.2 Å². The van der Waals surface area contributed by atoms with Crippen LogP contribution in [0.5, 0.6) is 5.75 Å². The number of aliphatic hydroxyl groups excluding tert-OH is 1. The summed E-state index contributed by atoms with van der Waals surface area (Å²) in [5.74, 6) is -0.564. The Kier molecular flexibility index (Phi) is 5.87. The molecule has 8 nitrogen and oxygen atoms in total. The molecule has 2 heterocycles. The Hall–Kier alpha value is -2.69. The molecule has 31 heavy (non-hydrogen) atoms. The van der Waals surface area contributed by atoms with E-state index < -0.39 is 40.1 Å². The van der Waals surface area contributed by atoms with E-state index in [0.717, 1.165) is 17.7 Å². The third-order valence-corrected chi connectivity index (χ3v) is 6.89. The second-order valence-corrected chi connectivity index (χ2v) is 9.18. The largest absolute Gasteiger partial charge is 0.487 e. The molecule has 2 aromatic rings. The molecule has 2 aliphatic heterocycles. The number of carbonyl (C=O) groups excluding carboxylic acids is 1. The van der Waals surface area contributed by atoms with Crippen LogP contribution in [0.1, 0.15) is 24.3 Å². The van der Waals surface area contributed by atoms with Gasteiger partial charge in [-0.05, 0) is 48.9 Å². The van der Waals surface area contributed by atoms with E-state index in [1.165, 1.54) is 19.2 Å². The van der Waals surface area contributed by atoms with E-state index in [0.29, 0.717) is 17.9 Å². The fourth-order valence-corrected chi connectivity index (χ4v) is 5.10. The molecule has 0 amide bonds. The number of esters is 1. The van der Waals surface area contributed by atoms with Gasteiger partial charge in [0.2, 0.25) is 0 Å². The highest BCUT2D eigenvalue weighted by Crippen LogP contribution is 2.47. The minimum absolute atomic E-state index is 0.0441. The van der Waals surface area contributed by atoms with Crippen molar-refractivity contribution in [3.05, 3.63) is 53.8 Å². The number of anilines is 1. The van der Waals surface area contributed by atoms with E-state index in [9.17, 15) is 22.7 Å². The molecule has 0 aromatic heterocycles. The Morgan fingerprint density at radius 1 is 1.26 bits per heavy atom. The fourth-order valence-electron chi connectivity index (χ4n) is 4.05. The number of fused-ring (bicyclic) bond motifs is 3. The lowest BCUT2D eigenvalue weighted by Crippen LogP contribution is -2.46.